The third kappa shape index (κ3) is 9.60. The van der Waals surface area contributed by atoms with Gasteiger partial charge in [0.1, 0.15) is 0 Å². The third-order valence-electron chi connectivity index (χ3n) is 20.0. The Morgan fingerprint density at radius 1 is 0.122 bits per heavy atom. The number of aromatic nitrogens is 4. The van der Waals surface area contributed by atoms with Gasteiger partial charge in [-0.3, -0.25) is 0 Å². The van der Waals surface area contributed by atoms with Crippen molar-refractivity contribution in [2.75, 3.05) is 0 Å². The van der Waals surface area contributed by atoms with Gasteiger partial charge in [-0.05, 0) is 188 Å². The van der Waals surface area contributed by atoms with Gasteiger partial charge >= 0.3 is 0 Å². The fourth-order valence-corrected chi connectivity index (χ4v) is 15.3. The molecule has 4 nitrogen and oxygen atoms in total. The molecule has 0 atom stereocenters. The summed E-state index contributed by atoms with van der Waals surface area (Å²) >= 11 is 0. The van der Waals surface area contributed by atoms with Crippen LogP contribution in [0.25, 0.3) is 176 Å². The molecule has 0 bridgehead atoms. The van der Waals surface area contributed by atoms with Crippen molar-refractivity contribution in [3.8, 4) is 78.4 Å². The first-order chi connectivity index (χ1) is 48.6. The number of rotatable bonds is 9. The predicted octanol–water partition coefficient (Wildman–Crippen LogP) is 25.2. The molecule has 98 heavy (non-hydrogen) atoms. The molecule has 0 aliphatic heterocycles. The molecule has 0 amide bonds. The molecule has 0 unspecified atom stereocenters. The van der Waals surface area contributed by atoms with Crippen molar-refractivity contribution in [2.24, 2.45) is 0 Å². The minimum absolute atomic E-state index is 1.16. The molecule has 0 saturated carbocycles. The van der Waals surface area contributed by atoms with Gasteiger partial charge in [0.05, 0.1) is 44.1 Å². The fraction of sp³-hybridized carbons (Fsp3) is 0. The van der Waals surface area contributed by atoms with Gasteiger partial charge in [0.15, 0.2) is 0 Å². The zero-order chi connectivity index (χ0) is 64.6. The van der Waals surface area contributed by atoms with Crippen LogP contribution in [0.2, 0.25) is 0 Å². The van der Waals surface area contributed by atoms with E-state index in [-0.39, 0.29) is 0 Å². The molecule has 0 aliphatic rings. The van der Waals surface area contributed by atoms with Crippen LogP contribution >= 0.6 is 0 Å². The van der Waals surface area contributed by atoms with Gasteiger partial charge in [-0.2, -0.15) is 0 Å². The molecular weight excluding hydrogens is 1190 g/mol. The molecule has 20 rings (SSSR count). The second-order valence-electron chi connectivity index (χ2n) is 25.6. The second-order valence-corrected chi connectivity index (χ2v) is 25.6. The summed E-state index contributed by atoms with van der Waals surface area (Å²) < 4.78 is 9.58. The topological polar surface area (TPSA) is 19.7 Å². The van der Waals surface area contributed by atoms with Crippen LogP contribution in [0.4, 0.5) is 0 Å². The van der Waals surface area contributed by atoms with E-state index >= 15 is 0 Å². The number of hydrogen-bond acceptors (Lipinski definition) is 0. The molecule has 4 heterocycles. The minimum Gasteiger partial charge on any atom is -0.309 e. The maximum atomic E-state index is 2.40. The fourth-order valence-electron chi connectivity index (χ4n) is 15.3. The zero-order valence-corrected chi connectivity index (χ0v) is 53.6. The smallest absolute Gasteiger partial charge is 0.0541 e. The van der Waals surface area contributed by atoms with Crippen molar-refractivity contribution < 1.29 is 0 Å². The van der Waals surface area contributed by atoms with Crippen LogP contribution in [-0.2, 0) is 0 Å². The van der Waals surface area contributed by atoms with Crippen molar-refractivity contribution in [1.29, 1.82) is 0 Å². The van der Waals surface area contributed by atoms with Crippen LogP contribution in [0.5, 0.6) is 0 Å². The van der Waals surface area contributed by atoms with Crippen LogP contribution in [0, 0.1) is 0 Å². The Bertz CT molecular complexity index is 6230. The van der Waals surface area contributed by atoms with Gasteiger partial charge in [-0.1, -0.05) is 255 Å². The highest BCUT2D eigenvalue weighted by molar-refractivity contribution is 6.15. The van der Waals surface area contributed by atoms with Crippen molar-refractivity contribution in [3.05, 3.63) is 376 Å². The molecule has 0 spiro atoms. The van der Waals surface area contributed by atoms with Crippen LogP contribution in [0.15, 0.2) is 376 Å². The quantitative estimate of drug-likeness (QED) is 0.137. The monoisotopic (exact) mass is 1250 g/mol. The Morgan fingerprint density at radius 2 is 0.347 bits per heavy atom. The van der Waals surface area contributed by atoms with Crippen molar-refractivity contribution >= 4 is 98.0 Å². The van der Waals surface area contributed by atoms with Crippen LogP contribution < -0.4 is 0 Å². The lowest BCUT2D eigenvalue weighted by atomic mass is 10.0. The normalized spacial score (nSPS) is 11.7. The summed E-state index contributed by atoms with van der Waals surface area (Å²) in [5.74, 6) is 0. The van der Waals surface area contributed by atoms with Gasteiger partial charge in [0.25, 0.3) is 0 Å². The van der Waals surface area contributed by atoms with E-state index in [0.717, 1.165) is 17.1 Å². The Balaban J connectivity index is 0.000000137. The Morgan fingerprint density at radius 3 is 0.663 bits per heavy atom. The number of para-hydroxylation sites is 4. The first kappa shape index (κ1) is 56.5. The number of hydrogen-bond donors (Lipinski definition) is 0. The van der Waals surface area contributed by atoms with Crippen molar-refractivity contribution in [1.82, 2.24) is 18.3 Å². The van der Waals surface area contributed by atoms with Crippen LogP contribution in [-0.4, -0.2) is 18.3 Å². The number of fused-ring (bicyclic) bond motifs is 13. The molecule has 0 N–H and O–H groups in total. The average molecular weight is 1250 g/mol. The van der Waals surface area contributed by atoms with E-state index in [2.05, 4.69) is 394 Å². The van der Waals surface area contributed by atoms with Crippen molar-refractivity contribution in [3.63, 3.8) is 0 Å². The summed E-state index contributed by atoms with van der Waals surface area (Å²) in [6.45, 7) is 0. The first-order valence-corrected chi connectivity index (χ1v) is 33.7. The summed E-state index contributed by atoms with van der Waals surface area (Å²) in [6.07, 6.45) is 0. The molecule has 20 aromatic rings. The van der Waals surface area contributed by atoms with E-state index in [1.165, 1.54) is 159 Å². The molecular formula is C94H62N4. The van der Waals surface area contributed by atoms with E-state index < -0.39 is 0 Å². The lowest BCUT2D eigenvalue weighted by Gasteiger charge is -2.11. The summed E-state index contributed by atoms with van der Waals surface area (Å²) in [5.41, 5.74) is 26.6. The highest BCUT2D eigenvalue weighted by Gasteiger charge is 2.20. The highest BCUT2D eigenvalue weighted by atomic mass is 15.0. The van der Waals surface area contributed by atoms with Gasteiger partial charge in [0, 0.05) is 65.8 Å². The molecule has 0 fully saturated rings. The second kappa shape index (κ2) is 23.5. The summed E-state index contributed by atoms with van der Waals surface area (Å²) in [5, 5.41) is 12.6. The molecule has 4 heteroatoms. The van der Waals surface area contributed by atoms with E-state index in [1.807, 2.05) is 0 Å². The van der Waals surface area contributed by atoms with Crippen LogP contribution in [0.1, 0.15) is 0 Å². The maximum Gasteiger partial charge on any atom is 0.0541 e. The summed E-state index contributed by atoms with van der Waals surface area (Å²) in [7, 11) is 0. The standard InChI is InChI=1S/C48H32N2.C46H30N2/c1-3-11-33(12-4-1)35-19-25-39(26-20-35)49-45-17-9-7-15-41(45)43-31-37(23-29-47(43)49)38-24-30-48-44(32-38)42-16-8-10-18-46(42)50(48)40-27-21-36(22-28-40)34-13-5-2-6-14-34;1-2-10-31(11-3-1)33-18-23-37(24-19-33)47-43-16-8-6-14-39(43)41-29-35(21-26-45(41)47)36-22-27-46-42(30-36)40-15-7-9-17-44(40)48(46)38-25-20-32-12-4-5-13-34(32)28-38/h1-32H;1-30H. The van der Waals surface area contributed by atoms with E-state index in [9.17, 15) is 0 Å². The lowest BCUT2D eigenvalue weighted by Crippen LogP contribution is -1.94. The Labute approximate surface area is 567 Å². The van der Waals surface area contributed by atoms with Gasteiger partial charge in [0.2, 0.25) is 0 Å². The molecule has 0 radical (unpaired) electrons. The first-order valence-electron chi connectivity index (χ1n) is 33.7. The third-order valence-corrected chi connectivity index (χ3v) is 20.0. The highest BCUT2D eigenvalue weighted by Crippen LogP contribution is 2.42. The van der Waals surface area contributed by atoms with Gasteiger partial charge < -0.3 is 18.3 Å². The zero-order valence-electron chi connectivity index (χ0n) is 53.6. The molecule has 0 saturated heterocycles. The van der Waals surface area contributed by atoms with Gasteiger partial charge in [-0.15, -0.1) is 0 Å². The molecule has 0 aliphatic carbocycles. The van der Waals surface area contributed by atoms with E-state index in [1.54, 1.807) is 0 Å². The average Bonchev–Trinajstić information content (AvgIpc) is 1.60. The van der Waals surface area contributed by atoms with E-state index in [4.69, 9.17) is 0 Å². The van der Waals surface area contributed by atoms with E-state index in [0.29, 0.717) is 0 Å². The van der Waals surface area contributed by atoms with Crippen LogP contribution in [0.3, 0.4) is 0 Å². The largest absolute Gasteiger partial charge is 0.309 e. The Kier molecular flexibility index (Phi) is 13.5. The number of benzene rings is 16. The summed E-state index contributed by atoms with van der Waals surface area (Å²) in [4.78, 5) is 0. The van der Waals surface area contributed by atoms with Gasteiger partial charge in [-0.25, -0.2) is 0 Å². The number of nitrogens with zero attached hydrogens (tertiary/aromatic N) is 4. The Hall–Kier alpha value is -13.0. The van der Waals surface area contributed by atoms with Crippen molar-refractivity contribution in [2.45, 2.75) is 0 Å². The predicted molar refractivity (Wildman–Crippen MR) is 415 cm³/mol. The SMILES string of the molecule is c1ccc(-c2ccc(-n3c4ccccc4c4cc(-c5ccc6c(c5)c5ccccc5n6-c5ccc(-c6ccccc6)cc5)ccc43)cc2)cc1.c1ccc(-c2ccc(-n3c4ccccc4c4cc(-c5ccc6c(c5)c5ccccc5n6-c5ccc6ccccc6c5)ccc43)cc2)cc1. The molecule has 458 valence electrons. The maximum absolute atomic E-state index is 2.40. The molecule has 16 aromatic carbocycles. The molecule has 4 aromatic heterocycles. The lowest BCUT2D eigenvalue weighted by molar-refractivity contribution is 1.18. The minimum atomic E-state index is 1.16. The summed E-state index contributed by atoms with van der Waals surface area (Å²) in [6, 6.07) is 137.